The van der Waals surface area contributed by atoms with Crippen molar-refractivity contribution in [2.45, 2.75) is 37.8 Å². The number of hydrogen-bond donors (Lipinski definition) is 2. The van der Waals surface area contributed by atoms with Crippen molar-refractivity contribution >= 4 is 11.8 Å². The van der Waals surface area contributed by atoms with E-state index in [0.717, 1.165) is 31.4 Å². The first-order valence-electron chi connectivity index (χ1n) is 6.56. The molecule has 5 nitrogen and oxygen atoms in total. The number of ether oxygens (including phenoxy) is 2. The quantitative estimate of drug-likeness (QED) is 0.879. The summed E-state index contributed by atoms with van der Waals surface area (Å²) in [7, 11) is 1.60. The number of hydrogen-bond acceptors (Lipinski definition) is 4. The summed E-state index contributed by atoms with van der Waals surface area (Å²) in [6.45, 7) is 0. The van der Waals surface area contributed by atoms with Crippen molar-refractivity contribution in [3.63, 3.8) is 0 Å². The first-order chi connectivity index (χ1) is 9.19. The van der Waals surface area contributed by atoms with E-state index in [9.17, 15) is 4.79 Å². The molecule has 2 unspecified atom stereocenters. The third-order valence-electron chi connectivity index (χ3n) is 3.35. The van der Waals surface area contributed by atoms with Crippen LogP contribution in [0.3, 0.4) is 0 Å². The minimum Gasteiger partial charge on any atom is -0.497 e. The molecule has 19 heavy (non-hydrogen) atoms. The molecule has 1 amide bonds. The predicted octanol–water partition coefficient (Wildman–Crippen LogP) is 2.51. The SMILES string of the molecule is COc1ccc(NC(=O)OC2CCCCC2N)cc1. The summed E-state index contributed by atoms with van der Waals surface area (Å²) in [5.74, 6) is 0.744. The Morgan fingerprint density at radius 2 is 1.95 bits per heavy atom. The topological polar surface area (TPSA) is 73.6 Å². The second-order valence-corrected chi connectivity index (χ2v) is 4.75. The number of amides is 1. The number of nitrogens with one attached hydrogen (secondary N) is 1. The first kappa shape index (κ1) is 13.7. The molecular formula is C14H20N2O3. The molecule has 0 aromatic heterocycles. The van der Waals surface area contributed by atoms with Crippen LogP contribution < -0.4 is 15.8 Å². The van der Waals surface area contributed by atoms with E-state index in [1.165, 1.54) is 0 Å². The predicted molar refractivity (Wildman–Crippen MR) is 73.3 cm³/mol. The fraction of sp³-hybridized carbons (Fsp3) is 0.500. The molecule has 0 heterocycles. The lowest BCUT2D eigenvalue weighted by Gasteiger charge is -2.28. The lowest BCUT2D eigenvalue weighted by atomic mass is 9.93. The smallest absolute Gasteiger partial charge is 0.411 e. The summed E-state index contributed by atoms with van der Waals surface area (Å²) in [5, 5.41) is 2.69. The summed E-state index contributed by atoms with van der Waals surface area (Å²) < 4.78 is 10.4. The Morgan fingerprint density at radius 3 is 2.58 bits per heavy atom. The normalized spacial score (nSPS) is 22.6. The number of nitrogens with two attached hydrogens (primary N) is 1. The maximum Gasteiger partial charge on any atom is 0.411 e. The van der Waals surface area contributed by atoms with E-state index in [-0.39, 0.29) is 12.1 Å². The van der Waals surface area contributed by atoms with Gasteiger partial charge >= 0.3 is 6.09 Å². The van der Waals surface area contributed by atoms with E-state index in [1.54, 1.807) is 31.4 Å². The van der Waals surface area contributed by atoms with Gasteiger partial charge in [0.05, 0.1) is 7.11 Å². The highest BCUT2D eigenvalue weighted by Crippen LogP contribution is 2.21. The highest BCUT2D eigenvalue weighted by molar-refractivity contribution is 5.84. The van der Waals surface area contributed by atoms with Gasteiger partial charge in [-0.2, -0.15) is 0 Å². The third kappa shape index (κ3) is 3.86. The van der Waals surface area contributed by atoms with Gasteiger partial charge in [-0.25, -0.2) is 4.79 Å². The lowest BCUT2D eigenvalue weighted by molar-refractivity contribution is 0.0728. The molecule has 3 N–H and O–H groups in total. The summed E-state index contributed by atoms with van der Waals surface area (Å²) in [4.78, 5) is 11.8. The van der Waals surface area contributed by atoms with Crippen LogP contribution in [0.1, 0.15) is 25.7 Å². The van der Waals surface area contributed by atoms with Crippen LogP contribution in [-0.2, 0) is 4.74 Å². The van der Waals surface area contributed by atoms with Crippen LogP contribution in [-0.4, -0.2) is 25.3 Å². The zero-order valence-electron chi connectivity index (χ0n) is 11.1. The van der Waals surface area contributed by atoms with Crippen LogP contribution in [0, 0.1) is 0 Å². The van der Waals surface area contributed by atoms with E-state index in [4.69, 9.17) is 15.2 Å². The molecule has 0 spiro atoms. The minimum absolute atomic E-state index is 0.0460. The average Bonchev–Trinajstić information content (AvgIpc) is 2.42. The van der Waals surface area contributed by atoms with E-state index in [1.807, 2.05) is 0 Å². The first-order valence-corrected chi connectivity index (χ1v) is 6.56. The highest BCUT2D eigenvalue weighted by atomic mass is 16.6. The standard InChI is InChI=1S/C14H20N2O3/c1-18-11-8-6-10(7-9-11)16-14(17)19-13-5-3-2-4-12(13)15/h6-9,12-13H,2-5,15H2,1H3,(H,16,17). The summed E-state index contributed by atoms with van der Waals surface area (Å²) >= 11 is 0. The Balaban J connectivity index is 1.86. The molecule has 2 atom stereocenters. The van der Waals surface area contributed by atoms with Gasteiger partial charge in [0, 0.05) is 11.7 Å². The monoisotopic (exact) mass is 264 g/mol. The van der Waals surface area contributed by atoms with Gasteiger partial charge in [0.1, 0.15) is 11.9 Å². The number of carbonyl (C=O) groups is 1. The van der Waals surface area contributed by atoms with Gasteiger partial charge in [0.2, 0.25) is 0 Å². The Morgan fingerprint density at radius 1 is 1.26 bits per heavy atom. The Hall–Kier alpha value is -1.75. The number of rotatable bonds is 3. The summed E-state index contributed by atoms with van der Waals surface area (Å²) in [6, 6.07) is 7.04. The van der Waals surface area contributed by atoms with Gasteiger partial charge in [-0.3, -0.25) is 5.32 Å². The minimum atomic E-state index is -0.451. The molecule has 2 rings (SSSR count). The number of methoxy groups -OCH3 is 1. The van der Waals surface area contributed by atoms with Gasteiger partial charge < -0.3 is 15.2 Å². The van der Waals surface area contributed by atoms with Crippen molar-refractivity contribution < 1.29 is 14.3 Å². The van der Waals surface area contributed by atoms with Crippen LogP contribution in [0.25, 0.3) is 0 Å². The zero-order valence-corrected chi connectivity index (χ0v) is 11.1. The second kappa shape index (κ2) is 6.43. The van der Waals surface area contributed by atoms with Gasteiger partial charge in [0.15, 0.2) is 0 Å². The van der Waals surface area contributed by atoms with Crippen molar-refractivity contribution in [3.8, 4) is 5.75 Å². The van der Waals surface area contributed by atoms with Crippen LogP contribution >= 0.6 is 0 Å². The molecule has 1 aromatic carbocycles. The largest absolute Gasteiger partial charge is 0.497 e. The van der Waals surface area contributed by atoms with Crippen molar-refractivity contribution in [3.05, 3.63) is 24.3 Å². The average molecular weight is 264 g/mol. The fourth-order valence-corrected chi connectivity index (χ4v) is 2.23. The van der Waals surface area contributed by atoms with Crippen molar-refractivity contribution in [2.75, 3.05) is 12.4 Å². The van der Waals surface area contributed by atoms with Crippen molar-refractivity contribution in [1.29, 1.82) is 0 Å². The zero-order chi connectivity index (χ0) is 13.7. The molecule has 0 saturated heterocycles. The molecular weight excluding hydrogens is 244 g/mol. The molecule has 0 bridgehead atoms. The Bertz CT molecular complexity index is 419. The molecule has 0 radical (unpaired) electrons. The van der Waals surface area contributed by atoms with E-state index in [2.05, 4.69) is 5.32 Å². The Labute approximate surface area is 113 Å². The molecule has 1 aliphatic rings. The molecule has 104 valence electrons. The van der Waals surface area contributed by atoms with E-state index < -0.39 is 6.09 Å². The molecule has 1 saturated carbocycles. The van der Waals surface area contributed by atoms with Gasteiger partial charge in [-0.15, -0.1) is 0 Å². The van der Waals surface area contributed by atoms with Crippen LogP contribution in [0.15, 0.2) is 24.3 Å². The number of carbonyl (C=O) groups excluding carboxylic acids is 1. The summed E-state index contributed by atoms with van der Waals surface area (Å²) in [6.07, 6.45) is 3.31. The molecule has 1 aromatic rings. The maximum absolute atomic E-state index is 11.8. The van der Waals surface area contributed by atoms with E-state index >= 15 is 0 Å². The van der Waals surface area contributed by atoms with Crippen molar-refractivity contribution in [2.24, 2.45) is 5.73 Å². The van der Waals surface area contributed by atoms with Crippen LogP contribution in [0.5, 0.6) is 5.75 Å². The maximum atomic E-state index is 11.8. The summed E-state index contributed by atoms with van der Waals surface area (Å²) in [5.41, 5.74) is 6.61. The second-order valence-electron chi connectivity index (χ2n) is 4.75. The molecule has 1 aliphatic carbocycles. The third-order valence-corrected chi connectivity index (χ3v) is 3.35. The van der Waals surface area contributed by atoms with Crippen molar-refractivity contribution in [1.82, 2.24) is 0 Å². The van der Waals surface area contributed by atoms with Gasteiger partial charge in [-0.1, -0.05) is 6.42 Å². The number of benzene rings is 1. The van der Waals surface area contributed by atoms with Gasteiger partial charge in [0.25, 0.3) is 0 Å². The molecule has 0 aliphatic heterocycles. The highest BCUT2D eigenvalue weighted by Gasteiger charge is 2.25. The van der Waals surface area contributed by atoms with Gasteiger partial charge in [-0.05, 0) is 43.5 Å². The molecule has 5 heteroatoms. The van der Waals surface area contributed by atoms with Crippen LogP contribution in [0.4, 0.5) is 10.5 Å². The molecule has 1 fully saturated rings. The van der Waals surface area contributed by atoms with E-state index in [0.29, 0.717) is 5.69 Å². The van der Waals surface area contributed by atoms with Crippen LogP contribution in [0.2, 0.25) is 0 Å². The number of anilines is 1. The Kier molecular flexibility index (Phi) is 4.63. The fourth-order valence-electron chi connectivity index (χ4n) is 2.23. The lowest BCUT2D eigenvalue weighted by Crippen LogP contribution is -2.41.